The molecule has 1 nitrogen and oxygen atoms in total. The van der Waals surface area contributed by atoms with Crippen LogP contribution in [0.2, 0.25) is 0 Å². The second kappa shape index (κ2) is 4.90. The molecule has 24 heavy (non-hydrogen) atoms. The first-order valence-corrected chi connectivity index (χ1v) is 8.10. The second-order valence-electron chi connectivity index (χ2n) is 6.13. The van der Waals surface area contributed by atoms with Gasteiger partial charge in [0, 0.05) is 11.1 Å². The molecule has 0 saturated carbocycles. The molecule has 1 heteroatoms. The number of hydrogen-bond donors (Lipinski definition) is 0. The highest BCUT2D eigenvalue weighted by Crippen LogP contribution is 2.47. The fourth-order valence-corrected chi connectivity index (χ4v) is 3.75. The fraction of sp³-hybridized carbons (Fsp3) is 0. The third kappa shape index (κ3) is 1.73. The zero-order valence-corrected chi connectivity index (χ0v) is 13.0. The highest BCUT2D eigenvalue weighted by Gasteiger charge is 2.23. The van der Waals surface area contributed by atoms with E-state index in [1.165, 1.54) is 27.6 Å². The summed E-state index contributed by atoms with van der Waals surface area (Å²) in [7, 11) is 0. The molecule has 0 aromatic heterocycles. The Hall–Kier alpha value is -3.19. The first kappa shape index (κ1) is 13.3. The highest BCUT2D eigenvalue weighted by atomic mass is 16.1. The van der Waals surface area contributed by atoms with E-state index in [1.54, 1.807) is 0 Å². The van der Waals surface area contributed by atoms with Crippen LogP contribution in [0.25, 0.3) is 33.0 Å². The minimum Gasteiger partial charge on any atom is -0.289 e. The monoisotopic (exact) mass is 306 g/mol. The van der Waals surface area contributed by atoms with E-state index in [0.717, 1.165) is 16.5 Å². The average molecular weight is 306 g/mol. The molecule has 0 unspecified atom stereocenters. The van der Waals surface area contributed by atoms with Crippen LogP contribution in [0.4, 0.5) is 0 Å². The van der Waals surface area contributed by atoms with Gasteiger partial charge in [0.05, 0.1) is 0 Å². The topological polar surface area (TPSA) is 17.1 Å². The largest absolute Gasteiger partial charge is 0.289 e. The Morgan fingerprint density at radius 2 is 1.17 bits per heavy atom. The fourth-order valence-electron chi connectivity index (χ4n) is 3.75. The zero-order valence-electron chi connectivity index (χ0n) is 13.0. The van der Waals surface area contributed by atoms with E-state index in [1.807, 2.05) is 42.5 Å². The lowest BCUT2D eigenvalue weighted by molar-refractivity contribution is 0.104. The lowest BCUT2D eigenvalue weighted by Crippen LogP contribution is -2.02. The Balaban J connectivity index is 1.81. The molecular weight excluding hydrogens is 292 g/mol. The summed E-state index contributed by atoms with van der Waals surface area (Å²) < 4.78 is 0. The van der Waals surface area contributed by atoms with Crippen molar-refractivity contribution < 1.29 is 4.79 Å². The van der Waals surface area contributed by atoms with Gasteiger partial charge in [-0.05, 0) is 39.1 Å². The van der Waals surface area contributed by atoms with Gasteiger partial charge in [-0.25, -0.2) is 0 Å². The standard InChI is InChI=1S/C23H14O/c24-23(15-7-2-1-3-8-15)21-14-13-20-17-10-5-4-9-16(17)18-11-6-12-19(21)22(18)20/h1-14H. The summed E-state index contributed by atoms with van der Waals surface area (Å²) in [5, 5.41) is 2.23. The summed E-state index contributed by atoms with van der Waals surface area (Å²) in [6.45, 7) is 0. The molecular formula is C23H14O. The van der Waals surface area contributed by atoms with Crippen molar-refractivity contribution in [3.8, 4) is 22.3 Å². The van der Waals surface area contributed by atoms with Crippen molar-refractivity contribution >= 4 is 16.6 Å². The first-order chi connectivity index (χ1) is 11.8. The predicted octanol–water partition coefficient (Wildman–Crippen LogP) is 5.72. The van der Waals surface area contributed by atoms with E-state index in [2.05, 4.69) is 42.5 Å². The SMILES string of the molecule is O=C(c1ccccc1)c1ccc2c3c(cccc13)-c1ccccc1-2. The molecule has 5 rings (SSSR count). The van der Waals surface area contributed by atoms with E-state index >= 15 is 0 Å². The molecule has 0 aliphatic heterocycles. The summed E-state index contributed by atoms with van der Waals surface area (Å²) in [4.78, 5) is 13.0. The Morgan fingerprint density at radius 1 is 0.542 bits per heavy atom. The number of benzene rings is 4. The molecule has 0 fully saturated rings. The van der Waals surface area contributed by atoms with Crippen molar-refractivity contribution in [2.75, 3.05) is 0 Å². The van der Waals surface area contributed by atoms with E-state index in [0.29, 0.717) is 0 Å². The highest BCUT2D eigenvalue weighted by molar-refractivity contribution is 6.23. The molecule has 0 radical (unpaired) electrons. The smallest absolute Gasteiger partial charge is 0.193 e. The summed E-state index contributed by atoms with van der Waals surface area (Å²) in [5.74, 6) is 0.0789. The number of rotatable bonds is 2. The number of hydrogen-bond acceptors (Lipinski definition) is 1. The normalized spacial score (nSPS) is 11.5. The zero-order chi connectivity index (χ0) is 16.1. The third-order valence-electron chi connectivity index (χ3n) is 4.83. The Labute approximate surface area is 140 Å². The van der Waals surface area contributed by atoms with Crippen LogP contribution < -0.4 is 0 Å². The van der Waals surface area contributed by atoms with Crippen molar-refractivity contribution in [2.24, 2.45) is 0 Å². The van der Waals surface area contributed by atoms with Gasteiger partial charge < -0.3 is 0 Å². The van der Waals surface area contributed by atoms with Gasteiger partial charge in [-0.2, -0.15) is 0 Å². The van der Waals surface area contributed by atoms with Crippen molar-refractivity contribution in [3.63, 3.8) is 0 Å². The molecule has 0 saturated heterocycles. The molecule has 0 N–H and O–H groups in total. The Morgan fingerprint density at radius 3 is 1.92 bits per heavy atom. The second-order valence-corrected chi connectivity index (χ2v) is 6.13. The molecule has 112 valence electrons. The maximum absolute atomic E-state index is 13.0. The molecule has 0 spiro atoms. The van der Waals surface area contributed by atoms with Crippen LogP contribution in [0.3, 0.4) is 0 Å². The van der Waals surface area contributed by atoms with Crippen LogP contribution in [-0.2, 0) is 0 Å². The summed E-state index contributed by atoms with van der Waals surface area (Å²) in [6.07, 6.45) is 0. The van der Waals surface area contributed by atoms with Crippen LogP contribution in [0.15, 0.2) is 84.9 Å². The number of fused-ring (bicyclic) bond motifs is 3. The minimum atomic E-state index is 0.0789. The van der Waals surface area contributed by atoms with Crippen molar-refractivity contribution in [1.82, 2.24) is 0 Å². The van der Waals surface area contributed by atoms with Crippen molar-refractivity contribution in [1.29, 1.82) is 0 Å². The Bertz CT molecular complexity index is 1080. The van der Waals surface area contributed by atoms with E-state index in [4.69, 9.17) is 0 Å². The van der Waals surface area contributed by atoms with Gasteiger partial charge in [0.2, 0.25) is 0 Å². The van der Waals surface area contributed by atoms with Crippen LogP contribution in [0, 0.1) is 0 Å². The van der Waals surface area contributed by atoms with Gasteiger partial charge in [0.1, 0.15) is 0 Å². The van der Waals surface area contributed by atoms with Gasteiger partial charge in [-0.3, -0.25) is 4.79 Å². The predicted molar refractivity (Wildman–Crippen MR) is 98.3 cm³/mol. The maximum Gasteiger partial charge on any atom is 0.193 e. The third-order valence-corrected chi connectivity index (χ3v) is 4.83. The van der Waals surface area contributed by atoms with E-state index < -0.39 is 0 Å². The van der Waals surface area contributed by atoms with Crippen LogP contribution in [0.5, 0.6) is 0 Å². The lowest BCUT2D eigenvalue weighted by Gasteiger charge is -2.08. The lowest BCUT2D eigenvalue weighted by atomic mass is 9.94. The number of carbonyl (C=O) groups is 1. The van der Waals surface area contributed by atoms with Gasteiger partial charge >= 0.3 is 0 Å². The molecule has 4 aromatic carbocycles. The van der Waals surface area contributed by atoms with Gasteiger partial charge in [-0.15, -0.1) is 0 Å². The maximum atomic E-state index is 13.0. The number of carbonyl (C=O) groups excluding carboxylic acids is 1. The quantitative estimate of drug-likeness (QED) is 0.381. The minimum absolute atomic E-state index is 0.0789. The Kier molecular flexibility index (Phi) is 2.71. The van der Waals surface area contributed by atoms with E-state index in [-0.39, 0.29) is 5.78 Å². The first-order valence-electron chi connectivity index (χ1n) is 8.10. The molecule has 0 atom stereocenters. The molecule has 4 aromatic rings. The van der Waals surface area contributed by atoms with Crippen LogP contribution >= 0.6 is 0 Å². The van der Waals surface area contributed by atoms with Crippen molar-refractivity contribution in [2.45, 2.75) is 0 Å². The molecule has 0 bridgehead atoms. The van der Waals surface area contributed by atoms with Gasteiger partial charge in [-0.1, -0.05) is 78.9 Å². The van der Waals surface area contributed by atoms with Crippen molar-refractivity contribution in [3.05, 3.63) is 96.1 Å². The molecule has 1 aliphatic carbocycles. The summed E-state index contributed by atoms with van der Waals surface area (Å²) in [5.41, 5.74) is 6.45. The van der Waals surface area contributed by atoms with Gasteiger partial charge in [0.25, 0.3) is 0 Å². The summed E-state index contributed by atoms with van der Waals surface area (Å²) >= 11 is 0. The van der Waals surface area contributed by atoms with Crippen LogP contribution in [-0.4, -0.2) is 5.78 Å². The molecule has 0 heterocycles. The van der Waals surface area contributed by atoms with Gasteiger partial charge in [0.15, 0.2) is 5.78 Å². The molecule has 0 amide bonds. The average Bonchev–Trinajstić information content (AvgIpc) is 2.99. The molecule has 1 aliphatic rings. The van der Waals surface area contributed by atoms with E-state index in [9.17, 15) is 4.79 Å². The summed E-state index contributed by atoms with van der Waals surface area (Å²) in [6, 6.07) is 28.3. The number of ketones is 1. The van der Waals surface area contributed by atoms with Crippen LogP contribution in [0.1, 0.15) is 15.9 Å².